The number of primary amides is 1. The van der Waals surface area contributed by atoms with Crippen LogP contribution in [-0.4, -0.2) is 40.7 Å². The van der Waals surface area contributed by atoms with E-state index >= 15 is 0 Å². The van der Waals surface area contributed by atoms with E-state index in [1.165, 1.54) is 48.2 Å². The minimum atomic E-state index is -0.879. The molecule has 3 amide bonds. The Bertz CT molecular complexity index is 968. The van der Waals surface area contributed by atoms with Gasteiger partial charge in [-0.3, -0.25) is 24.5 Å². The first-order valence-corrected chi connectivity index (χ1v) is 10.4. The van der Waals surface area contributed by atoms with Crippen molar-refractivity contribution in [3.63, 3.8) is 0 Å². The van der Waals surface area contributed by atoms with E-state index < -0.39 is 34.4 Å². The molecule has 0 aliphatic rings. The lowest BCUT2D eigenvalue weighted by atomic mass is 10.1. The fourth-order valence-corrected chi connectivity index (χ4v) is 3.15. The van der Waals surface area contributed by atoms with Gasteiger partial charge < -0.3 is 16.4 Å². The van der Waals surface area contributed by atoms with E-state index in [0.29, 0.717) is 23.4 Å². The number of nitro benzene ring substituents is 1. The van der Waals surface area contributed by atoms with Crippen molar-refractivity contribution in [3.05, 3.63) is 68.7 Å². The van der Waals surface area contributed by atoms with Crippen LogP contribution >= 0.6 is 23.4 Å². The molecule has 0 saturated heterocycles. The first kappa shape index (κ1) is 23.2. The first-order chi connectivity index (χ1) is 14.2. The van der Waals surface area contributed by atoms with Gasteiger partial charge in [-0.1, -0.05) is 11.6 Å². The maximum atomic E-state index is 12.7. The molecule has 0 saturated carbocycles. The lowest BCUT2D eigenvalue weighted by Crippen LogP contribution is -2.44. The van der Waals surface area contributed by atoms with Gasteiger partial charge in [0.1, 0.15) is 11.1 Å². The van der Waals surface area contributed by atoms with Gasteiger partial charge in [0.05, 0.1) is 4.92 Å². The van der Waals surface area contributed by atoms with Crippen LogP contribution in [0.3, 0.4) is 0 Å². The number of nitro groups is 1. The number of hydrogen-bond acceptors (Lipinski definition) is 6. The molecule has 1 atom stereocenters. The van der Waals surface area contributed by atoms with Crippen molar-refractivity contribution in [3.8, 4) is 0 Å². The van der Waals surface area contributed by atoms with Crippen LogP contribution in [0.1, 0.15) is 27.1 Å². The monoisotopic (exact) mass is 450 g/mol. The molecule has 9 nitrogen and oxygen atoms in total. The molecule has 0 heterocycles. The van der Waals surface area contributed by atoms with Gasteiger partial charge in [0.2, 0.25) is 11.8 Å². The number of thioether (sulfide) groups is 1. The van der Waals surface area contributed by atoms with Crippen LogP contribution in [0.15, 0.2) is 42.5 Å². The summed E-state index contributed by atoms with van der Waals surface area (Å²) in [6, 6.07) is 8.77. The highest BCUT2D eigenvalue weighted by atomic mass is 35.5. The Balaban J connectivity index is 2.15. The van der Waals surface area contributed by atoms with Crippen LogP contribution in [0, 0.1) is 10.1 Å². The SMILES string of the molecule is CSCCC(NC(=O)c1ccc(Cl)c([N+](=O)[O-])c1)C(=O)Nc1ccc(C(N)=O)cc1. The third kappa shape index (κ3) is 6.19. The van der Waals surface area contributed by atoms with Gasteiger partial charge in [-0.15, -0.1) is 0 Å². The van der Waals surface area contributed by atoms with E-state index in [1.807, 2.05) is 6.26 Å². The number of nitrogens with one attached hydrogen (secondary N) is 2. The van der Waals surface area contributed by atoms with Crippen molar-refractivity contribution in [1.29, 1.82) is 0 Å². The fourth-order valence-electron chi connectivity index (χ4n) is 2.49. The number of amides is 3. The number of carbonyl (C=O) groups is 3. The van der Waals surface area contributed by atoms with Gasteiger partial charge in [-0.05, 0) is 54.8 Å². The van der Waals surface area contributed by atoms with Gasteiger partial charge in [0.25, 0.3) is 11.6 Å². The average Bonchev–Trinajstić information content (AvgIpc) is 2.71. The molecule has 158 valence electrons. The quantitative estimate of drug-likeness (QED) is 0.395. The summed E-state index contributed by atoms with van der Waals surface area (Å²) >= 11 is 7.27. The van der Waals surface area contributed by atoms with Crippen molar-refractivity contribution < 1.29 is 19.3 Å². The Morgan fingerprint density at radius 3 is 2.37 bits per heavy atom. The second kappa shape index (κ2) is 10.6. The summed E-state index contributed by atoms with van der Waals surface area (Å²) < 4.78 is 0. The Hall–Kier alpha value is -3.11. The standard InChI is InChI=1S/C19H19ClN4O5S/c1-30-9-8-15(19(27)22-13-5-2-11(3-6-13)17(21)25)23-18(26)12-4-7-14(20)16(10-12)24(28)29/h2-7,10,15H,8-9H2,1H3,(H2,21,25)(H,22,27)(H,23,26). The molecule has 0 radical (unpaired) electrons. The third-order valence-corrected chi connectivity index (χ3v) is 5.04. The molecule has 30 heavy (non-hydrogen) atoms. The molecule has 0 fully saturated rings. The topological polar surface area (TPSA) is 144 Å². The summed E-state index contributed by atoms with van der Waals surface area (Å²) in [7, 11) is 0. The molecule has 0 aliphatic heterocycles. The molecule has 2 aromatic carbocycles. The third-order valence-electron chi connectivity index (χ3n) is 4.07. The summed E-state index contributed by atoms with van der Waals surface area (Å²) in [6.07, 6.45) is 2.20. The number of nitrogens with two attached hydrogens (primary N) is 1. The highest BCUT2D eigenvalue weighted by Gasteiger charge is 2.23. The average molecular weight is 451 g/mol. The van der Waals surface area contributed by atoms with Gasteiger partial charge in [-0.25, -0.2) is 0 Å². The van der Waals surface area contributed by atoms with Crippen molar-refractivity contribution in [2.45, 2.75) is 12.5 Å². The van der Waals surface area contributed by atoms with Gasteiger partial charge in [-0.2, -0.15) is 11.8 Å². The van der Waals surface area contributed by atoms with E-state index in [-0.39, 0.29) is 10.6 Å². The van der Waals surface area contributed by atoms with Crippen LogP contribution in [0.25, 0.3) is 0 Å². The van der Waals surface area contributed by atoms with E-state index in [0.717, 1.165) is 6.07 Å². The van der Waals surface area contributed by atoms with Crippen molar-refractivity contribution in [1.82, 2.24) is 5.32 Å². The molecule has 4 N–H and O–H groups in total. The van der Waals surface area contributed by atoms with Crippen molar-refractivity contribution in [2.24, 2.45) is 5.73 Å². The first-order valence-electron chi connectivity index (χ1n) is 8.67. The molecule has 11 heteroatoms. The number of anilines is 1. The van der Waals surface area contributed by atoms with Gasteiger partial charge in [0, 0.05) is 22.9 Å². The number of carbonyl (C=O) groups excluding carboxylic acids is 3. The lowest BCUT2D eigenvalue weighted by molar-refractivity contribution is -0.384. The van der Waals surface area contributed by atoms with Crippen LogP contribution in [0.2, 0.25) is 5.02 Å². The maximum Gasteiger partial charge on any atom is 0.288 e. The van der Waals surface area contributed by atoms with Crippen LogP contribution < -0.4 is 16.4 Å². The predicted octanol–water partition coefficient (Wildman–Crippen LogP) is 2.84. The molecule has 2 rings (SSSR count). The molecule has 0 aliphatic carbocycles. The minimum Gasteiger partial charge on any atom is -0.366 e. The van der Waals surface area contributed by atoms with Crippen molar-refractivity contribution >= 4 is 52.5 Å². The summed E-state index contributed by atoms with van der Waals surface area (Å²) in [5.41, 5.74) is 5.53. The fraction of sp³-hybridized carbons (Fsp3) is 0.211. The Morgan fingerprint density at radius 2 is 1.80 bits per heavy atom. The largest absolute Gasteiger partial charge is 0.366 e. The van der Waals surface area contributed by atoms with E-state index in [4.69, 9.17) is 17.3 Å². The normalized spacial score (nSPS) is 11.4. The summed E-state index contributed by atoms with van der Waals surface area (Å²) in [4.78, 5) is 46.7. The molecule has 0 spiro atoms. The smallest absolute Gasteiger partial charge is 0.288 e. The van der Waals surface area contributed by atoms with Crippen LogP contribution in [0.5, 0.6) is 0 Å². The van der Waals surface area contributed by atoms with E-state index in [2.05, 4.69) is 10.6 Å². The van der Waals surface area contributed by atoms with E-state index in [9.17, 15) is 24.5 Å². The molecular formula is C19H19ClN4O5S. The predicted molar refractivity (Wildman–Crippen MR) is 116 cm³/mol. The number of nitrogens with zero attached hydrogens (tertiary/aromatic N) is 1. The molecule has 0 bridgehead atoms. The van der Waals surface area contributed by atoms with Gasteiger partial charge >= 0.3 is 0 Å². The summed E-state index contributed by atoms with van der Waals surface area (Å²) in [5.74, 6) is -1.09. The van der Waals surface area contributed by atoms with Crippen LogP contribution in [0.4, 0.5) is 11.4 Å². The maximum absolute atomic E-state index is 12.7. The zero-order chi connectivity index (χ0) is 22.3. The number of halogens is 1. The number of hydrogen-bond donors (Lipinski definition) is 3. The Morgan fingerprint density at radius 1 is 1.17 bits per heavy atom. The molecule has 0 aromatic heterocycles. The lowest BCUT2D eigenvalue weighted by Gasteiger charge is -2.18. The molecule has 1 unspecified atom stereocenters. The van der Waals surface area contributed by atoms with Crippen LogP contribution in [-0.2, 0) is 4.79 Å². The summed E-state index contributed by atoms with van der Waals surface area (Å²) in [6.45, 7) is 0. The Labute approximate surface area is 181 Å². The second-order valence-electron chi connectivity index (χ2n) is 6.16. The number of rotatable bonds is 9. The zero-order valence-electron chi connectivity index (χ0n) is 15.9. The number of benzene rings is 2. The highest BCUT2D eigenvalue weighted by Crippen LogP contribution is 2.25. The second-order valence-corrected chi connectivity index (χ2v) is 7.55. The molecule has 2 aromatic rings. The highest BCUT2D eigenvalue weighted by molar-refractivity contribution is 7.98. The van der Waals surface area contributed by atoms with Crippen molar-refractivity contribution in [2.75, 3.05) is 17.3 Å². The Kier molecular flexibility index (Phi) is 8.19. The minimum absolute atomic E-state index is 0.0128. The summed E-state index contributed by atoms with van der Waals surface area (Å²) in [5, 5.41) is 16.2. The molecular weight excluding hydrogens is 432 g/mol. The van der Waals surface area contributed by atoms with E-state index in [1.54, 1.807) is 0 Å². The van der Waals surface area contributed by atoms with Gasteiger partial charge in [0.15, 0.2) is 0 Å². The zero-order valence-corrected chi connectivity index (χ0v) is 17.5.